The molecule has 3 aromatic rings. The Hall–Kier alpha value is -2.70. The first-order valence-corrected chi connectivity index (χ1v) is 12.2. The highest BCUT2D eigenvalue weighted by Gasteiger charge is 2.42. The molecular formula is C27H32N4OS. The highest BCUT2D eigenvalue weighted by molar-refractivity contribution is 7.80. The highest BCUT2D eigenvalue weighted by atomic mass is 32.1. The van der Waals surface area contributed by atoms with Crippen molar-refractivity contribution in [2.75, 3.05) is 13.2 Å². The van der Waals surface area contributed by atoms with Crippen molar-refractivity contribution in [1.82, 2.24) is 19.8 Å². The first kappa shape index (κ1) is 22.1. The lowest BCUT2D eigenvalue weighted by molar-refractivity contribution is 0.0842. The van der Waals surface area contributed by atoms with E-state index in [1.54, 1.807) is 0 Å². The Balaban J connectivity index is 1.62. The van der Waals surface area contributed by atoms with Crippen molar-refractivity contribution in [2.24, 2.45) is 0 Å². The summed E-state index contributed by atoms with van der Waals surface area (Å²) in [6.45, 7) is 10.4. The number of pyridine rings is 1. The molecule has 6 heteroatoms. The van der Waals surface area contributed by atoms with Crippen LogP contribution in [0.25, 0.3) is 5.69 Å². The third kappa shape index (κ3) is 3.96. The minimum Gasteiger partial charge on any atom is -0.376 e. The van der Waals surface area contributed by atoms with Gasteiger partial charge < -0.3 is 19.5 Å². The van der Waals surface area contributed by atoms with Gasteiger partial charge in [-0.1, -0.05) is 24.3 Å². The van der Waals surface area contributed by atoms with Gasteiger partial charge in [-0.25, -0.2) is 0 Å². The van der Waals surface area contributed by atoms with E-state index in [1.807, 2.05) is 18.3 Å². The molecule has 2 aliphatic rings. The van der Waals surface area contributed by atoms with Crippen molar-refractivity contribution in [3.8, 4) is 5.69 Å². The molecule has 0 aliphatic carbocycles. The fraction of sp³-hybridized carbons (Fsp3) is 0.407. The van der Waals surface area contributed by atoms with Crippen LogP contribution in [0, 0.1) is 27.7 Å². The summed E-state index contributed by atoms with van der Waals surface area (Å²) in [4.78, 5) is 7.03. The Labute approximate surface area is 201 Å². The predicted molar refractivity (Wildman–Crippen MR) is 136 cm³/mol. The van der Waals surface area contributed by atoms with E-state index in [-0.39, 0.29) is 18.2 Å². The minimum atomic E-state index is -0.00739. The van der Waals surface area contributed by atoms with E-state index in [4.69, 9.17) is 21.9 Å². The molecule has 4 heterocycles. The van der Waals surface area contributed by atoms with E-state index >= 15 is 0 Å². The molecule has 33 heavy (non-hydrogen) atoms. The molecule has 2 aliphatic heterocycles. The van der Waals surface area contributed by atoms with Gasteiger partial charge in [0.15, 0.2) is 5.11 Å². The average molecular weight is 461 g/mol. The van der Waals surface area contributed by atoms with Crippen LogP contribution in [0.5, 0.6) is 0 Å². The lowest BCUT2D eigenvalue weighted by Crippen LogP contribution is -2.36. The summed E-state index contributed by atoms with van der Waals surface area (Å²) < 4.78 is 8.40. The van der Waals surface area contributed by atoms with Gasteiger partial charge in [-0.3, -0.25) is 4.98 Å². The molecule has 0 unspecified atom stereocenters. The van der Waals surface area contributed by atoms with E-state index in [0.29, 0.717) is 0 Å². The van der Waals surface area contributed by atoms with E-state index in [0.717, 1.165) is 36.8 Å². The summed E-state index contributed by atoms with van der Waals surface area (Å²) in [6.07, 6.45) is 4.28. The van der Waals surface area contributed by atoms with E-state index in [9.17, 15) is 0 Å². The Kier molecular flexibility index (Phi) is 5.97. The lowest BCUT2D eigenvalue weighted by atomic mass is 9.96. The molecule has 0 bridgehead atoms. The summed E-state index contributed by atoms with van der Waals surface area (Å²) in [5, 5.41) is 4.37. The van der Waals surface area contributed by atoms with E-state index in [2.05, 4.69) is 72.8 Å². The second-order valence-electron chi connectivity index (χ2n) is 9.32. The Morgan fingerprint density at radius 1 is 1.09 bits per heavy atom. The third-order valence-electron chi connectivity index (χ3n) is 7.07. The Morgan fingerprint density at radius 3 is 2.55 bits per heavy atom. The maximum atomic E-state index is 6.00. The number of rotatable bonds is 5. The van der Waals surface area contributed by atoms with Gasteiger partial charge in [0.25, 0.3) is 0 Å². The largest absolute Gasteiger partial charge is 0.376 e. The molecule has 0 spiro atoms. The van der Waals surface area contributed by atoms with Crippen molar-refractivity contribution < 1.29 is 4.74 Å². The number of aromatic nitrogens is 2. The first-order chi connectivity index (χ1) is 16.0. The standard InChI is InChI=1S/C27H32N4OS/c1-17-9-7-10-18(2)25(17)31-19(3)15-22(20(31)4)26-24(23-12-5-6-13-28-23)29-27(33)30(26)16-21-11-8-14-32-21/h5-7,9-10,12-13,15,21,24,26H,8,11,14,16H2,1-4H3,(H,29,33)/t21-,24+,26-/m0/s1. The van der Waals surface area contributed by atoms with Crippen molar-refractivity contribution in [3.63, 3.8) is 0 Å². The van der Waals surface area contributed by atoms with Gasteiger partial charge in [-0.2, -0.15) is 0 Å². The summed E-state index contributed by atoms with van der Waals surface area (Å²) in [5.41, 5.74) is 8.61. The van der Waals surface area contributed by atoms with Crippen LogP contribution in [0.1, 0.15) is 58.7 Å². The molecule has 5 nitrogen and oxygen atoms in total. The number of aryl methyl sites for hydroxylation is 3. The summed E-state index contributed by atoms with van der Waals surface area (Å²) >= 11 is 5.87. The zero-order valence-electron chi connectivity index (χ0n) is 19.8. The molecule has 1 aromatic carbocycles. The monoisotopic (exact) mass is 460 g/mol. The Bertz CT molecular complexity index is 1150. The smallest absolute Gasteiger partial charge is 0.170 e. The normalized spacial score (nSPS) is 22.7. The zero-order chi connectivity index (χ0) is 23.1. The molecule has 5 rings (SSSR count). The molecule has 0 amide bonds. The van der Waals surface area contributed by atoms with Gasteiger partial charge >= 0.3 is 0 Å². The molecule has 0 saturated carbocycles. The number of nitrogens with one attached hydrogen (secondary N) is 1. The van der Waals surface area contributed by atoms with Crippen molar-refractivity contribution in [2.45, 2.75) is 58.7 Å². The number of hydrogen-bond acceptors (Lipinski definition) is 3. The number of ether oxygens (including phenoxy) is 1. The van der Waals surface area contributed by atoms with Crippen LogP contribution < -0.4 is 5.32 Å². The van der Waals surface area contributed by atoms with Crippen LogP contribution in [0.2, 0.25) is 0 Å². The van der Waals surface area contributed by atoms with Gasteiger partial charge in [0.2, 0.25) is 0 Å². The van der Waals surface area contributed by atoms with Crippen molar-refractivity contribution in [3.05, 3.63) is 82.4 Å². The van der Waals surface area contributed by atoms with Crippen molar-refractivity contribution >= 4 is 17.3 Å². The van der Waals surface area contributed by atoms with Crippen molar-refractivity contribution in [1.29, 1.82) is 0 Å². The molecule has 2 saturated heterocycles. The van der Waals surface area contributed by atoms with Gasteiger partial charge in [0.1, 0.15) is 0 Å². The lowest BCUT2D eigenvalue weighted by Gasteiger charge is -2.30. The minimum absolute atomic E-state index is 0.00739. The van der Waals surface area contributed by atoms with Crippen LogP contribution in [-0.4, -0.2) is 38.8 Å². The molecule has 3 atom stereocenters. The number of thiocarbonyl (C=S) groups is 1. The maximum absolute atomic E-state index is 6.00. The van der Waals surface area contributed by atoms with Crippen LogP contribution in [0.3, 0.4) is 0 Å². The fourth-order valence-electron chi connectivity index (χ4n) is 5.54. The number of benzene rings is 1. The Morgan fingerprint density at radius 2 is 1.88 bits per heavy atom. The predicted octanol–water partition coefficient (Wildman–Crippen LogP) is 5.26. The second-order valence-corrected chi connectivity index (χ2v) is 9.70. The van der Waals surface area contributed by atoms with E-state index < -0.39 is 0 Å². The number of para-hydroxylation sites is 1. The molecule has 2 aromatic heterocycles. The second kappa shape index (κ2) is 8.92. The van der Waals surface area contributed by atoms with Gasteiger partial charge in [-0.05, 0) is 87.6 Å². The van der Waals surface area contributed by atoms with E-state index in [1.165, 1.54) is 33.8 Å². The van der Waals surface area contributed by atoms with Gasteiger partial charge in [0.05, 0.1) is 29.6 Å². The molecular weight excluding hydrogens is 428 g/mol. The molecule has 2 fully saturated rings. The molecule has 0 radical (unpaired) electrons. The van der Waals surface area contributed by atoms with Crippen LogP contribution in [0.15, 0.2) is 48.7 Å². The summed E-state index contributed by atoms with van der Waals surface area (Å²) in [6, 6.07) is 15.0. The SMILES string of the molecule is Cc1cccc(C)c1-n1c(C)cc([C@H]2[C@@H](c3ccccn3)NC(=S)N2C[C@@H]2CCCO2)c1C. The molecule has 172 valence electrons. The molecule has 1 N–H and O–H groups in total. The topological polar surface area (TPSA) is 42.3 Å². The number of hydrogen-bond donors (Lipinski definition) is 1. The van der Waals surface area contributed by atoms with Gasteiger partial charge in [-0.15, -0.1) is 0 Å². The maximum Gasteiger partial charge on any atom is 0.170 e. The zero-order valence-corrected chi connectivity index (χ0v) is 20.7. The quantitative estimate of drug-likeness (QED) is 0.526. The third-order valence-corrected chi connectivity index (χ3v) is 7.43. The van der Waals surface area contributed by atoms with Crippen LogP contribution >= 0.6 is 12.2 Å². The fourth-order valence-corrected chi connectivity index (χ4v) is 5.85. The first-order valence-electron chi connectivity index (χ1n) is 11.8. The van der Waals surface area contributed by atoms with Crippen LogP contribution in [0.4, 0.5) is 0 Å². The van der Waals surface area contributed by atoms with Crippen LogP contribution in [-0.2, 0) is 4.74 Å². The highest BCUT2D eigenvalue weighted by Crippen LogP contribution is 2.42. The summed E-state index contributed by atoms with van der Waals surface area (Å²) in [5.74, 6) is 0. The number of nitrogens with zero attached hydrogens (tertiary/aromatic N) is 3. The average Bonchev–Trinajstić information content (AvgIpc) is 3.50. The van der Waals surface area contributed by atoms with Gasteiger partial charge in [0, 0.05) is 30.7 Å². The summed E-state index contributed by atoms with van der Waals surface area (Å²) in [7, 11) is 0.